The van der Waals surface area contributed by atoms with Crippen LogP contribution in [0.4, 0.5) is 0 Å². The molecule has 0 aliphatic rings. The van der Waals surface area contributed by atoms with Crippen LogP contribution in [0, 0.1) is 11.8 Å². The predicted octanol–water partition coefficient (Wildman–Crippen LogP) is 1.53. The normalized spacial score (nSPS) is 15.4. The van der Waals surface area contributed by atoms with Gasteiger partial charge in [-0.3, -0.25) is 4.79 Å². The van der Waals surface area contributed by atoms with E-state index in [1.54, 1.807) is 24.7 Å². The number of thiazole rings is 1. The van der Waals surface area contributed by atoms with E-state index in [1.165, 1.54) is 11.3 Å². The molecule has 0 fully saturated rings. The Morgan fingerprint density at radius 1 is 1.57 bits per heavy atom. The van der Waals surface area contributed by atoms with Crippen LogP contribution in [0.2, 0.25) is 0 Å². The van der Waals surface area contributed by atoms with Crippen molar-refractivity contribution in [2.75, 3.05) is 0 Å². The second kappa shape index (κ2) is 4.52. The molecule has 5 heteroatoms. The van der Waals surface area contributed by atoms with Crippen molar-refractivity contribution in [1.82, 2.24) is 4.98 Å². The fourth-order valence-corrected chi connectivity index (χ4v) is 1.92. The monoisotopic (exact) mass is 215 g/mol. The Morgan fingerprint density at radius 3 is 2.57 bits per heavy atom. The molecule has 0 saturated carbocycles. The lowest BCUT2D eigenvalue weighted by Crippen LogP contribution is -2.27. The van der Waals surface area contributed by atoms with Crippen molar-refractivity contribution in [3.63, 3.8) is 0 Å². The molecular weight excluding hydrogens is 202 g/mol. The summed E-state index contributed by atoms with van der Waals surface area (Å²) in [5, 5.41) is 20.4. The van der Waals surface area contributed by atoms with Crippen molar-refractivity contribution in [1.29, 1.82) is 0 Å². The van der Waals surface area contributed by atoms with Crippen LogP contribution in [0.3, 0.4) is 0 Å². The molecule has 4 nitrogen and oxygen atoms in total. The van der Waals surface area contributed by atoms with Crippen molar-refractivity contribution in [2.24, 2.45) is 11.8 Å². The number of aromatic nitrogens is 1. The summed E-state index contributed by atoms with van der Waals surface area (Å²) >= 11 is 1.34. The van der Waals surface area contributed by atoms with E-state index in [1.807, 2.05) is 0 Å². The number of aliphatic hydroxyl groups is 1. The number of rotatable bonds is 4. The maximum atomic E-state index is 10.9. The maximum absolute atomic E-state index is 10.9. The molecule has 0 spiro atoms. The van der Waals surface area contributed by atoms with E-state index in [0.717, 1.165) is 0 Å². The summed E-state index contributed by atoms with van der Waals surface area (Å²) in [7, 11) is 0. The van der Waals surface area contributed by atoms with Gasteiger partial charge in [-0.25, -0.2) is 4.98 Å². The Kier molecular flexibility index (Phi) is 3.60. The van der Waals surface area contributed by atoms with Crippen LogP contribution in [0.5, 0.6) is 0 Å². The molecule has 0 saturated heterocycles. The highest BCUT2D eigenvalue weighted by molar-refractivity contribution is 7.07. The third-order valence-corrected chi connectivity index (χ3v) is 2.70. The summed E-state index contributed by atoms with van der Waals surface area (Å²) < 4.78 is 0. The minimum Gasteiger partial charge on any atom is -0.481 e. The lowest BCUT2D eigenvalue weighted by molar-refractivity contribution is -0.148. The highest BCUT2D eigenvalue weighted by Gasteiger charge is 2.31. The third kappa shape index (κ3) is 2.30. The van der Waals surface area contributed by atoms with Gasteiger partial charge in [-0.2, -0.15) is 0 Å². The second-order valence-electron chi connectivity index (χ2n) is 3.47. The van der Waals surface area contributed by atoms with Gasteiger partial charge in [0.2, 0.25) is 0 Å². The molecule has 2 atom stereocenters. The molecule has 78 valence electrons. The summed E-state index contributed by atoms with van der Waals surface area (Å²) in [5.74, 6) is -1.90. The van der Waals surface area contributed by atoms with Crippen molar-refractivity contribution < 1.29 is 15.0 Å². The van der Waals surface area contributed by atoms with Crippen molar-refractivity contribution >= 4 is 17.3 Å². The Labute approximate surface area is 86.2 Å². The SMILES string of the molecule is CC(C)C(C(=O)O)C(O)c1cscn1. The average Bonchev–Trinajstić information content (AvgIpc) is 2.53. The third-order valence-electron chi connectivity index (χ3n) is 2.10. The van der Waals surface area contributed by atoms with Gasteiger partial charge in [0.15, 0.2) is 0 Å². The van der Waals surface area contributed by atoms with Gasteiger partial charge in [-0.15, -0.1) is 11.3 Å². The first-order chi connectivity index (χ1) is 6.54. The highest BCUT2D eigenvalue weighted by atomic mass is 32.1. The summed E-state index contributed by atoms with van der Waals surface area (Å²) in [6.45, 7) is 3.54. The number of hydrogen-bond acceptors (Lipinski definition) is 4. The zero-order valence-electron chi connectivity index (χ0n) is 8.04. The van der Waals surface area contributed by atoms with Crippen LogP contribution in [0.1, 0.15) is 25.6 Å². The number of carboxylic acids is 1. The second-order valence-corrected chi connectivity index (χ2v) is 4.18. The molecule has 14 heavy (non-hydrogen) atoms. The molecule has 2 unspecified atom stereocenters. The van der Waals surface area contributed by atoms with Gasteiger partial charge in [0.1, 0.15) is 6.10 Å². The molecule has 0 aliphatic carbocycles. The summed E-state index contributed by atoms with van der Waals surface area (Å²) in [6.07, 6.45) is -1.02. The van der Waals surface area contributed by atoms with Gasteiger partial charge < -0.3 is 10.2 Å². The zero-order chi connectivity index (χ0) is 10.7. The minimum absolute atomic E-state index is 0.121. The maximum Gasteiger partial charge on any atom is 0.309 e. The van der Waals surface area contributed by atoms with Crippen LogP contribution >= 0.6 is 11.3 Å². The fraction of sp³-hybridized carbons (Fsp3) is 0.556. The van der Waals surface area contributed by atoms with E-state index in [-0.39, 0.29) is 5.92 Å². The van der Waals surface area contributed by atoms with E-state index in [4.69, 9.17) is 5.11 Å². The van der Waals surface area contributed by atoms with Crippen molar-refractivity contribution in [3.05, 3.63) is 16.6 Å². The lowest BCUT2D eigenvalue weighted by atomic mass is 9.89. The number of hydrogen-bond donors (Lipinski definition) is 2. The largest absolute Gasteiger partial charge is 0.481 e. The number of carboxylic acid groups (broad SMARTS) is 1. The standard InChI is InChI=1S/C9H13NO3S/c1-5(2)7(9(12)13)8(11)6-3-14-4-10-6/h3-5,7-8,11H,1-2H3,(H,12,13). The van der Waals surface area contributed by atoms with Gasteiger partial charge >= 0.3 is 5.97 Å². The Hall–Kier alpha value is -0.940. The lowest BCUT2D eigenvalue weighted by Gasteiger charge is -2.20. The Morgan fingerprint density at radius 2 is 2.21 bits per heavy atom. The quantitative estimate of drug-likeness (QED) is 0.799. The number of nitrogens with zero attached hydrogens (tertiary/aromatic N) is 1. The van der Waals surface area contributed by atoms with Gasteiger partial charge in [-0.1, -0.05) is 13.8 Å². The molecule has 1 aromatic rings. The molecule has 0 bridgehead atoms. The van der Waals surface area contributed by atoms with Gasteiger partial charge in [0.05, 0.1) is 17.1 Å². The highest BCUT2D eigenvalue weighted by Crippen LogP contribution is 2.27. The zero-order valence-corrected chi connectivity index (χ0v) is 8.86. The van der Waals surface area contributed by atoms with Gasteiger partial charge in [-0.05, 0) is 5.92 Å². The van der Waals surface area contributed by atoms with Crippen LogP contribution in [-0.4, -0.2) is 21.2 Å². The van der Waals surface area contributed by atoms with E-state index >= 15 is 0 Å². The molecule has 2 N–H and O–H groups in total. The van der Waals surface area contributed by atoms with E-state index in [2.05, 4.69) is 4.98 Å². The predicted molar refractivity (Wildman–Crippen MR) is 53.0 cm³/mol. The molecule has 1 aromatic heterocycles. The smallest absolute Gasteiger partial charge is 0.309 e. The number of aliphatic hydroxyl groups excluding tert-OH is 1. The molecule has 1 rings (SSSR count). The van der Waals surface area contributed by atoms with Gasteiger partial charge in [0, 0.05) is 5.38 Å². The summed E-state index contributed by atoms with van der Waals surface area (Å²) in [5.41, 5.74) is 2.02. The first-order valence-electron chi connectivity index (χ1n) is 4.33. The topological polar surface area (TPSA) is 70.4 Å². The van der Waals surface area contributed by atoms with Crippen molar-refractivity contribution in [3.8, 4) is 0 Å². The summed E-state index contributed by atoms with van der Waals surface area (Å²) in [6, 6.07) is 0. The number of aliphatic carboxylic acids is 1. The first-order valence-corrected chi connectivity index (χ1v) is 5.27. The summed E-state index contributed by atoms with van der Waals surface area (Å²) in [4.78, 5) is 14.8. The average molecular weight is 215 g/mol. The first kappa shape index (κ1) is 11.1. The molecule has 0 aromatic carbocycles. The minimum atomic E-state index is -1.02. The molecule has 1 heterocycles. The van der Waals surface area contributed by atoms with Crippen LogP contribution in [0.15, 0.2) is 10.9 Å². The molecule has 0 amide bonds. The van der Waals surface area contributed by atoms with Crippen LogP contribution in [0.25, 0.3) is 0 Å². The molecule has 0 radical (unpaired) electrons. The van der Waals surface area contributed by atoms with Crippen LogP contribution in [-0.2, 0) is 4.79 Å². The van der Waals surface area contributed by atoms with Gasteiger partial charge in [0.25, 0.3) is 0 Å². The van der Waals surface area contributed by atoms with Crippen LogP contribution < -0.4 is 0 Å². The van der Waals surface area contributed by atoms with E-state index < -0.39 is 18.0 Å². The Balaban J connectivity index is 2.84. The van der Waals surface area contributed by atoms with E-state index in [0.29, 0.717) is 5.69 Å². The fourth-order valence-electron chi connectivity index (χ4n) is 1.34. The molecule has 0 aliphatic heterocycles. The Bertz CT molecular complexity index is 297. The van der Waals surface area contributed by atoms with E-state index in [9.17, 15) is 9.90 Å². The van der Waals surface area contributed by atoms with Crippen molar-refractivity contribution in [2.45, 2.75) is 20.0 Å². The number of carbonyl (C=O) groups is 1. The molecular formula is C9H13NO3S.